The number of hydrazone groups is 1. The molecule has 1 saturated heterocycles. The minimum atomic E-state index is -1.37. The monoisotopic (exact) mass is 418 g/mol. The molecule has 2 N–H and O–H groups in total. The standard InChI is InChI=1S/C16H11BrN4O5/c17-9-3-5-10(6-4-9)21-15(24)11(13(22)19-16(21)25)8-18-20-14(23)12-2-1-7-26-12/h1-8,11H,(H,20,23)(H,19,22,25). The highest BCUT2D eigenvalue weighted by atomic mass is 79.9. The van der Waals surface area contributed by atoms with Gasteiger partial charge in [0.2, 0.25) is 5.91 Å². The van der Waals surface area contributed by atoms with Crippen LogP contribution in [0.2, 0.25) is 0 Å². The van der Waals surface area contributed by atoms with Crippen LogP contribution in [0.1, 0.15) is 10.6 Å². The predicted octanol–water partition coefficient (Wildman–Crippen LogP) is 1.66. The van der Waals surface area contributed by atoms with E-state index in [1.807, 2.05) is 0 Å². The second kappa shape index (κ2) is 7.31. The molecule has 1 atom stereocenters. The first-order chi connectivity index (χ1) is 12.5. The first-order valence-electron chi connectivity index (χ1n) is 7.29. The second-order valence-electron chi connectivity index (χ2n) is 5.12. The number of rotatable bonds is 4. The molecule has 132 valence electrons. The topological polar surface area (TPSA) is 121 Å². The number of amides is 5. The minimum Gasteiger partial charge on any atom is -0.459 e. The zero-order valence-corrected chi connectivity index (χ0v) is 14.6. The maximum absolute atomic E-state index is 12.5. The number of halogens is 1. The molecule has 0 aliphatic carbocycles. The molecule has 1 aliphatic rings. The Labute approximate surface area is 155 Å². The third-order valence-corrected chi connectivity index (χ3v) is 3.95. The fourth-order valence-corrected chi connectivity index (χ4v) is 2.45. The van der Waals surface area contributed by atoms with E-state index >= 15 is 0 Å². The summed E-state index contributed by atoms with van der Waals surface area (Å²) >= 11 is 3.26. The summed E-state index contributed by atoms with van der Waals surface area (Å²) in [7, 11) is 0. The van der Waals surface area contributed by atoms with E-state index in [-0.39, 0.29) is 5.76 Å². The lowest BCUT2D eigenvalue weighted by atomic mass is 10.1. The molecule has 0 saturated carbocycles. The summed E-state index contributed by atoms with van der Waals surface area (Å²) < 4.78 is 5.65. The van der Waals surface area contributed by atoms with Gasteiger partial charge in [-0.3, -0.25) is 19.7 Å². The lowest BCUT2D eigenvalue weighted by Gasteiger charge is -2.28. The molecule has 1 unspecified atom stereocenters. The van der Waals surface area contributed by atoms with Gasteiger partial charge in [-0.25, -0.2) is 15.1 Å². The molecule has 2 heterocycles. The number of imide groups is 2. The molecule has 26 heavy (non-hydrogen) atoms. The van der Waals surface area contributed by atoms with Crippen molar-refractivity contribution in [2.45, 2.75) is 0 Å². The quantitative estimate of drug-likeness (QED) is 0.444. The van der Waals surface area contributed by atoms with Gasteiger partial charge >= 0.3 is 11.9 Å². The third-order valence-electron chi connectivity index (χ3n) is 3.42. The summed E-state index contributed by atoms with van der Waals surface area (Å²) in [5.41, 5.74) is 2.43. The summed E-state index contributed by atoms with van der Waals surface area (Å²) in [6.07, 6.45) is 2.27. The van der Waals surface area contributed by atoms with Crippen LogP contribution in [-0.2, 0) is 9.59 Å². The van der Waals surface area contributed by atoms with Crippen molar-refractivity contribution in [1.29, 1.82) is 0 Å². The van der Waals surface area contributed by atoms with Gasteiger partial charge in [0, 0.05) is 10.7 Å². The van der Waals surface area contributed by atoms with Crippen molar-refractivity contribution in [2.24, 2.45) is 11.0 Å². The summed E-state index contributed by atoms with van der Waals surface area (Å²) in [4.78, 5) is 49.0. The van der Waals surface area contributed by atoms with E-state index in [1.165, 1.54) is 18.4 Å². The maximum atomic E-state index is 12.5. The van der Waals surface area contributed by atoms with E-state index in [0.717, 1.165) is 15.6 Å². The van der Waals surface area contributed by atoms with Crippen molar-refractivity contribution in [1.82, 2.24) is 10.7 Å². The predicted molar refractivity (Wildman–Crippen MR) is 93.3 cm³/mol. The highest BCUT2D eigenvalue weighted by Gasteiger charge is 2.40. The average Bonchev–Trinajstić information content (AvgIpc) is 3.14. The Morgan fingerprint density at radius 2 is 1.96 bits per heavy atom. The summed E-state index contributed by atoms with van der Waals surface area (Å²) in [5.74, 6) is -3.60. The van der Waals surface area contributed by atoms with Crippen LogP contribution in [0.15, 0.2) is 56.7 Å². The van der Waals surface area contributed by atoms with E-state index in [2.05, 4.69) is 31.8 Å². The first kappa shape index (κ1) is 17.5. The Balaban J connectivity index is 1.76. The third kappa shape index (κ3) is 3.54. The molecular formula is C16H11BrN4O5. The Morgan fingerprint density at radius 1 is 1.23 bits per heavy atom. The summed E-state index contributed by atoms with van der Waals surface area (Å²) in [6, 6.07) is 8.49. The highest BCUT2D eigenvalue weighted by molar-refractivity contribution is 9.10. The fourth-order valence-electron chi connectivity index (χ4n) is 2.19. The van der Waals surface area contributed by atoms with Gasteiger partial charge < -0.3 is 4.42 Å². The summed E-state index contributed by atoms with van der Waals surface area (Å²) in [6.45, 7) is 0. The van der Waals surface area contributed by atoms with Crippen LogP contribution < -0.4 is 15.6 Å². The van der Waals surface area contributed by atoms with E-state index in [1.54, 1.807) is 24.3 Å². The van der Waals surface area contributed by atoms with Crippen molar-refractivity contribution in [2.75, 3.05) is 4.90 Å². The minimum absolute atomic E-state index is 0.0215. The Morgan fingerprint density at radius 3 is 2.62 bits per heavy atom. The van der Waals surface area contributed by atoms with Crippen molar-refractivity contribution < 1.29 is 23.6 Å². The molecule has 10 heteroatoms. The largest absolute Gasteiger partial charge is 0.459 e. The van der Waals surface area contributed by atoms with Crippen LogP contribution in [0.5, 0.6) is 0 Å². The van der Waals surface area contributed by atoms with Gasteiger partial charge in [-0.2, -0.15) is 5.10 Å². The first-order valence-corrected chi connectivity index (χ1v) is 8.08. The number of carbonyl (C=O) groups is 4. The van der Waals surface area contributed by atoms with Crippen molar-refractivity contribution in [3.63, 3.8) is 0 Å². The maximum Gasteiger partial charge on any atom is 0.335 e. The lowest BCUT2D eigenvalue weighted by molar-refractivity contribution is -0.131. The molecule has 0 bridgehead atoms. The fraction of sp³-hybridized carbons (Fsp3) is 0.0625. The van der Waals surface area contributed by atoms with Crippen molar-refractivity contribution >= 4 is 51.6 Å². The van der Waals surface area contributed by atoms with E-state index in [4.69, 9.17) is 4.42 Å². The van der Waals surface area contributed by atoms with Gasteiger partial charge in [-0.15, -0.1) is 0 Å². The molecular weight excluding hydrogens is 408 g/mol. The van der Waals surface area contributed by atoms with Crippen LogP contribution in [0.3, 0.4) is 0 Å². The zero-order valence-electron chi connectivity index (χ0n) is 13.0. The van der Waals surface area contributed by atoms with Gasteiger partial charge in [0.1, 0.15) is 0 Å². The SMILES string of the molecule is O=C(NN=CC1C(=O)NC(=O)N(c2ccc(Br)cc2)C1=O)c1ccco1. The lowest BCUT2D eigenvalue weighted by Crippen LogP contribution is -2.58. The number of hydrogen-bond donors (Lipinski definition) is 2. The smallest absolute Gasteiger partial charge is 0.335 e. The molecule has 9 nitrogen and oxygen atoms in total. The number of carbonyl (C=O) groups excluding carboxylic acids is 4. The summed E-state index contributed by atoms with van der Waals surface area (Å²) in [5, 5.41) is 5.69. The van der Waals surface area contributed by atoms with Crippen LogP contribution in [0.25, 0.3) is 0 Å². The van der Waals surface area contributed by atoms with Crippen molar-refractivity contribution in [3.05, 3.63) is 52.9 Å². The molecule has 2 aromatic rings. The number of nitrogens with one attached hydrogen (secondary N) is 2. The Kier molecular flexibility index (Phi) is 4.94. The van der Waals surface area contributed by atoms with Crippen LogP contribution >= 0.6 is 15.9 Å². The number of benzene rings is 1. The van der Waals surface area contributed by atoms with Crippen LogP contribution in [0.4, 0.5) is 10.5 Å². The van der Waals surface area contributed by atoms with Gasteiger partial charge in [-0.05, 0) is 36.4 Å². The molecule has 1 aromatic heterocycles. The molecule has 1 aromatic carbocycles. The van der Waals surface area contributed by atoms with E-state index in [0.29, 0.717) is 5.69 Å². The van der Waals surface area contributed by atoms with E-state index in [9.17, 15) is 19.2 Å². The zero-order chi connectivity index (χ0) is 18.7. The average molecular weight is 419 g/mol. The van der Waals surface area contributed by atoms with Gasteiger partial charge in [0.05, 0.1) is 12.0 Å². The number of nitrogens with zero attached hydrogens (tertiary/aromatic N) is 2. The molecule has 0 radical (unpaired) electrons. The van der Waals surface area contributed by atoms with Crippen LogP contribution in [0, 0.1) is 5.92 Å². The number of furan rings is 1. The molecule has 5 amide bonds. The number of urea groups is 1. The van der Waals surface area contributed by atoms with Crippen molar-refractivity contribution in [3.8, 4) is 0 Å². The molecule has 1 aliphatic heterocycles. The van der Waals surface area contributed by atoms with E-state index < -0.39 is 29.7 Å². The number of anilines is 1. The Hall–Kier alpha value is -3.27. The van der Waals surface area contributed by atoms with Gasteiger partial charge in [-0.1, -0.05) is 15.9 Å². The normalized spacial score (nSPS) is 17.5. The van der Waals surface area contributed by atoms with Crippen LogP contribution in [-0.4, -0.2) is 30.0 Å². The highest BCUT2D eigenvalue weighted by Crippen LogP contribution is 2.22. The van der Waals surface area contributed by atoms with Gasteiger partial charge in [0.15, 0.2) is 11.7 Å². The second-order valence-corrected chi connectivity index (χ2v) is 6.03. The number of barbiturate groups is 1. The Bertz CT molecular complexity index is 892. The van der Waals surface area contributed by atoms with Gasteiger partial charge in [0.25, 0.3) is 5.91 Å². The number of hydrogen-bond acceptors (Lipinski definition) is 6. The molecule has 3 rings (SSSR count). The molecule has 1 fully saturated rings. The molecule has 0 spiro atoms.